The van der Waals surface area contributed by atoms with Gasteiger partial charge in [0.2, 0.25) is 0 Å². The average molecular weight is 519 g/mol. The number of ether oxygens (including phenoxy) is 2. The second kappa shape index (κ2) is 9.00. The van der Waals surface area contributed by atoms with Gasteiger partial charge in [0.25, 0.3) is 5.91 Å². The average Bonchev–Trinajstić information content (AvgIpc) is 3.56. The molecule has 0 saturated carbocycles. The van der Waals surface area contributed by atoms with Gasteiger partial charge in [-0.25, -0.2) is 9.67 Å². The summed E-state index contributed by atoms with van der Waals surface area (Å²) < 4.78 is 15.0. The van der Waals surface area contributed by atoms with Crippen molar-refractivity contribution in [3.05, 3.63) is 70.3 Å². The number of fused-ring (bicyclic) bond motifs is 2. The monoisotopic (exact) mass is 518 g/mol. The van der Waals surface area contributed by atoms with Crippen molar-refractivity contribution in [3.63, 3.8) is 0 Å². The van der Waals surface area contributed by atoms with Crippen LogP contribution in [0.25, 0.3) is 16.6 Å². The van der Waals surface area contributed by atoms with Gasteiger partial charge in [0.05, 0.1) is 37.2 Å². The van der Waals surface area contributed by atoms with E-state index < -0.39 is 6.04 Å². The Bertz CT molecular complexity index is 1550. The molecule has 0 spiro atoms. The zero-order valence-electron chi connectivity index (χ0n) is 21.1. The first-order chi connectivity index (χ1) is 17.9. The predicted molar refractivity (Wildman–Crippen MR) is 141 cm³/mol. The normalized spacial score (nSPS) is 17.6. The molecule has 6 rings (SSSR count). The van der Waals surface area contributed by atoms with E-state index in [1.807, 2.05) is 43.4 Å². The van der Waals surface area contributed by atoms with E-state index in [9.17, 15) is 4.79 Å². The van der Waals surface area contributed by atoms with Gasteiger partial charge in [-0.05, 0) is 49.6 Å². The van der Waals surface area contributed by atoms with Gasteiger partial charge in [0, 0.05) is 24.2 Å². The molecule has 0 unspecified atom stereocenters. The van der Waals surface area contributed by atoms with Gasteiger partial charge >= 0.3 is 0 Å². The summed E-state index contributed by atoms with van der Waals surface area (Å²) in [5, 5.41) is 9.01. The van der Waals surface area contributed by atoms with E-state index in [1.54, 1.807) is 16.7 Å². The highest BCUT2D eigenvalue weighted by Gasteiger charge is 2.45. The summed E-state index contributed by atoms with van der Waals surface area (Å²) in [6.45, 7) is 5.42. The fraction of sp³-hybridized carbons (Fsp3) is 0.333. The molecule has 4 aromatic rings. The molecule has 2 aliphatic heterocycles. The van der Waals surface area contributed by atoms with E-state index in [2.05, 4.69) is 34.8 Å². The van der Waals surface area contributed by atoms with Crippen molar-refractivity contribution in [1.82, 2.24) is 24.5 Å². The number of carbonyl (C=O) groups is 1. The number of carbonyl (C=O) groups excluding carboxylic acids is 1. The van der Waals surface area contributed by atoms with Crippen LogP contribution in [-0.2, 0) is 11.8 Å². The maximum atomic E-state index is 14.2. The third kappa shape index (κ3) is 3.72. The van der Waals surface area contributed by atoms with Crippen LogP contribution in [0.15, 0.2) is 42.5 Å². The van der Waals surface area contributed by atoms with Crippen LogP contribution in [0.4, 0.5) is 5.69 Å². The van der Waals surface area contributed by atoms with Gasteiger partial charge in [-0.3, -0.25) is 9.69 Å². The standard InChI is InChI=1S/C27H27ClN6O3/c1-15(2)33-25-23(29-26(33)17-9-11-37-12-10-17)27(35)34(24(25)16-5-7-18(28)8-6-16)19-13-20-22(21(14-19)36-4)30-31-32(20)3/h5-9,13-15,24H,10-12H2,1-4H3/t24-/m1/s1. The van der Waals surface area contributed by atoms with Crippen LogP contribution in [0.1, 0.15) is 59.9 Å². The van der Waals surface area contributed by atoms with Gasteiger partial charge in [0.15, 0.2) is 17.0 Å². The third-order valence-electron chi connectivity index (χ3n) is 7.00. The van der Waals surface area contributed by atoms with Crippen LogP contribution in [0, 0.1) is 0 Å². The molecular formula is C27H27ClN6O3. The Labute approximate surface area is 219 Å². The van der Waals surface area contributed by atoms with Crippen molar-refractivity contribution >= 4 is 39.8 Å². The van der Waals surface area contributed by atoms with Crippen LogP contribution in [0.3, 0.4) is 0 Å². The highest BCUT2D eigenvalue weighted by atomic mass is 35.5. The second-order valence-electron chi connectivity index (χ2n) is 9.55. The summed E-state index contributed by atoms with van der Waals surface area (Å²) in [6, 6.07) is 11.1. The van der Waals surface area contributed by atoms with E-state index in [0.29, 0.717) is 40.9 Å². The molecule has 190 valence electrons. The molecule has 2 aromatic heterocycles. The summed E-state index contributed by atoms with van der Waals surface area (Å²) >= 11 is 6.25. The number of rotatable bonds is 5. The van der Waals surface area contributed by atoms with Gasteiger partial charge in [0.1, 0.15) is 11.9 Å². The lowest BCUT2D eigenvalue weighted by atomic mass is 10.0. The Morgan fingerprint density at radius 2 is 1.97 bits per heavy atom. The van der Waals surface area contributed by atoms with E-state index in [0.717, 1.165) is 34.6 Å². The fourth-order valence-corrected chi connectivity index (χ4v) is 5.42. The molecule has 2 aromatic carbocycles. The molecule has 0 bridgehead atoms. The number of aromatic nitrogens is 5. The lowest BCUT2D eigenvalue weighted by Gasteiger charge is -2.29. The topological polar surface area (TPSA) is 87.3 Å². The zero-order chi connectivity index (χ0) is 25.8. The molecule has 0 fully saturated rings. The molecule has 0 N–H and O–H groups in total. The Morgan fingerprint density at radius 1 is 1.19 bits per heavy atom. The fourth-order valence-electron chi connectivity index (χ4n) is 5.30. The number of benzene rings is 2. The number of aryl methyl sites for hydroxylation is 1. The highest BCUT2D eigenvalue weighted by molar-refractivity contribution is 6.30. The van der Waals surface area contributed by atoms with Crippen molar-refractivity contribution in [2.45, 2.75) is 32.4 Å². The number of nitrogens with zero attached hydrogens (tertiary/aromatic N) is 6. The Morgan fingerprint density at radius 3 is 2.65 bits per heavy atom. The lowest BCUT2D eigenvalue weighted by Crippen LogP contribution is -2.30. The SMILES string of the molecule is COc1cc(N2C(=O)c3nc(C4=CCOCC4)n(C(C)C)c3[C@H]2c2ccc(Cl)cc2)cc2c1nnn2C. The zero-order valence-corrected chi connectivity index (χ0v) is 21.9. The number of methoxy groups -OCH3 is 1. The molecule has 9 nitrogen and oxygen atoms in total. The molecule has 1 amide bonds. The maximum absolute atomic E-state index is 14.2. The first-order valence-corrected chi connectivity index (χ1v) is 12.6. The van der Waals surface area contributed by atoms with Gasteiger partial charge < -0.3 is 14.0 Å². The third-order valence-corrected chi connectivity index (χ3v) is 7.26. The smallest absolute Gasteiger partial charge is 0.279 e. The first kappa shape index (κ1) is 23.7. The summed E-state index contributed by atoms with van der Waals surface area (Å²) in [7, 11) is 3.41. The summed E-state index contributed by atoms with van der Waals surface area (Å²) in [6.07, 6.45) is 2.82. The minimum absolute atomic E-state index is 0.0795. The number of imidazole rings is 1. The van der Waals surface area contributed by atoms with E-state index >= 15 is 0 Å². The molecule has 1 atom stereocenters. The van der Waals surface area contributed by atoms with Crippen LogP contribution < -0.4 is 9.64 Å². The quantitative estimate of drug-likeness (QED) is 0.371. The number of halogens is 1. The number of amides is 1. The van der Waals surface area contributed by atoms with Gasteiger partial charge in [-0.1, -0.05) is 35.0 Å². The van der Waals surface area contributed by atoms with Crippen molar-refractivity contribution in [2.75, 3.05) is 25.2 Å². The highest BCUT2D eigenvalue weighted by Crippen LogP contribution is 2.46. The molecule has 4 heterocycles. The summed E-state index contributed by atoms with van der Waals surface area (Å²) in [5.74, 6) is 1.21. The number of hydrogen-bond acceptors (Lipinski definition) is 6. The molecule has 37 heavy (non-hydrogen) atoms. The Balaban J connectivity index is 1.60. The molecule has 0 saturated heterocycles. The lowest BCUT2D eigenvalue weighted by molar-refractivity contribution is 0.0989. The first-order valence-electron chi connectivity index (χ1n) is 12.2. The van der Waals surface area contributed by atoms with E-state index in [4.69, 9.17) is 26.1 Å². The molecule has 0 aliphatic carbocycles. The van der Waals surface area contributed by atoms with Crippen molar-refractivity contribution in [3.8, 4) is 5.75 Å². The Hall–Kier alpha value is -3.69. The minimum Gasteiger partial charge on any atom is -0.494 e. The summed E-state index contributed by atoms with van der Waals surface area (Å²) in [5.41, 5.74) is 5.45. The summed E-state index contributed by atoms with van der Waals surface area (Å²) in [4.78, 5) is 20.9. The van der Waals surface area contributed by atoms with Crippen LogP contribution in [0.2, 0.25) is 5.02 Å². The molecule has 10 heteroatoms. The van der Waals surface area contributed by atoms with Crippen molar-refractivity contribution in [1.29, 1.82) is 0 Å². The molecular weight excluding hydrogens is 492 g/mol. The maximum Gasteiger partial charge on any atom is 0.279 e. The van der Waals surface area contributed by atoms with Crippen LogP contribution >= 0.6 is 11.6 Å². The second-order valence-corrected chi connectivity index (χ2v) is 9.98. The molecule has 0 radical (unpaired) electrons. The van der Waals surface area contributed by atoms with Gasteiger partial charge in [-0.15, -0.1) is 5.10 Å². The predicted octanol–water partition coefficient (Wildman–Crippen LogP) is 4.96. The molecule has 2 aliphatic rings. The van der Waals surface area contributed by atoms with Crippen molar-refractivity contribution < 1.29 is 14.3 Å². The van der Waals surface area contributed by atoms with Crippen molar-refractivity contribution in [2.24, 2.45) is 7.05 Å². The van der Waals surface area contributed by atoms with Gasteiger partial charge in [-0.2, -0.15) is 0 Å². The van der Waals surface area contributed by atoms with E-state index in [-0.39, 0.29) is 11.9 Å². The largest absolute Gasteiger partial charge is 0.494 e. The van der Waals surface area contributed by atoms with Crippen LogP contribution in [0.5, 0.6) is 5.75 Å². The van der Waals surface area contributed by atoms with Crippen LogP contribution in [-0.4, -0.2) is 50.8 Å². The Kier molecular flexibility index (Phi) is 5.77. The van der Waals surface area contributed by atoms with E-state index in [1.165, 1.54) is 0 Å². The minimum atomic E-state index is -0.410. The number of anilines is 1. The number of hydrogen-bond donors (Lipinski definition) is 0.